The third-order valence-corrected chi connectivity index (χ3v) is 9.10. The largest absolute Gasteiger partial charge is 0.356 e. The summed E-state index contributed by atoms with van der Waals surface area (Å²) >= 11 is 4.23. The monoisotopic (exact) mass is 434 g/mol. The van der Waals surface area contributed by atoms with Gasteiger partial charge in [0.2, 0.25) is 5.91 Å². The normalized spacial score (nSPS) is 23.1. The molecule has 0 spiro atoms. The van der Waals surface area contributed by atoms with Crippen molar-refractivity contribution in [1.29, 1.82) is 0 Å². The lowest BCUT2D eigenvalue weighted by molar-refractivity contribution is -0.121. The van der Waals surface area contributed by atoms with Gasteiger partial charge in [-0.25, -0.2) is 0 Å². The number of rotatable bonds is 10. The van der Waals surface area contributed by atoms with Crippen LogP contribution in [-0.2, 0) is 4.79 Å². The number of benzene rings is 1. The summed E-state index contributed by atoms with van der Waals surface area (Å²) in [6.45, 7) is 6.65. The van der Waals surface area contributed by atoms with Crippen LogP contribution in [0, 0.1) is 6.92 Å². The highest BCUT2D eigenvalue weighted by Gasteiger charge is 2.24. The van der Waals surface area contributed by atoms with Crippen LogP contribution in [0.15, 0.2) is 24.3 Å². The summed E-state index contributed by atoms with van der Waals surface area (Å²) in [5, 5.41) is 3.87. The number of carbonyl (C=O) groups is 1. The third kappa shape index (κ3) is 8.55. The van der Waals surface area contributed by atoms with E-state index in [1.807, 2.05) is 0 Å². The number of aryl methyl sites for hydroxylation is 1. The zero-order valence-corrected chi connectivity index (χ0v) is 19.7. The summed E-state index contributed by atoms with van der Waals surface area (Å²) in [7, 11) is 0. The molecular weight excluding hydrogens is 396 g/mol. The minimum absolute atomic E-state index is 0.244. The van der Waals surface area contributed by atoms with Gasteiger partial charge in [0.25, 0.3) is 0 Å². The lowest BCUT2D eigenvalue weighted by atomic mass is 10.1. The number of thioether (sulfide) groups is 2. The van der Waals surface area contributed by atoms with Gasteiger partial charge in [0.05, 0.1) is 4.58 Å². The minimum atomic E-state index is 0.244. The molecule has 0 aromatic heterocycles. The molecule has 0 aliphatic carbocycles. The second-order valence-electron chi connectivity index (χ2n) is 8.52. The van der Waals surface area contributed by atoms with E-state index in [2.05, 4.69) is 64.9 Å². The molecule has 2 aliphatic heterocycles. The fourth-order valence-corrected chi connectivity index (χ4v) is 7.66. The molecule has 2 aliphatic rings. The highest BCUT2D eigenvalue weighted by atomic mass is 32.2. The van der Waals surface area contributed by atoms with Gasteiger partial charge in [-0.1, -0.05) is 42.7 Å². The second kappa shape index (κ2) is 12.9. The Kier molecular flexibility index (Phi) is 10.3. The predicted molar refractivity (Wildman–Crippen MR) is 129 cm³/mol. The SMILES string of the molecule is Cc1cccc(C2SCCC(CCCCC(=O)NCCCN3CCCCC3)S2)c1. The Hall–Kier alpha value is -0.650. The van der Waals surface area contributed by atoms with Crippen molar-refractivity contribution in [2.45, 2.75) is 74.5 Å². The van der Waals surface area contributed by atoms with Crippen molar-refractivity contribution in [1.82, 2.24) is 10.2 Å². The molecule has 3 nitrogen and oxygen atoms in total. The molecule has 162 valence electrons. The number of amides is 1. The summed E-state index contributed by atoms with van der Waals surface area (Å²) in [5.41, 5.74) is 2.82. The van der Waals surface area contributed by atoms with Crippen molar-refractivity contribution in [3.63, 3.8) is 0 Å². The Morgan fingerprint density at radius 2 is 2.03 bits per heavy atom. The molecule has 5 heteroatoms. The molecule has 29 heavy (non-hydrogen) atoms. The molecule has 0 saturated carbocycles. The van der Waals surface area contributed by atoms with Gasteiger partial charge in [-0.05, 0) is 76.4 Å². The fourth-order valence-electron chi connectivity index (χ4n) is 4.25. The molecule has 1 aromatic carbocycles. The zero-order valence-electron chi connectivity index (χ0n) is 18.0. The van der Waals surface area contributed by atoms with Crippen molar-refractivity contribution in [3.8, 4) is 0 Å². The van der Waals surface area contributed by atoms with Crippen molar-refractivity contribution >= 4 is 29.4 Å². The van der Waals surface area contributed by atoms with E-state index in [1.54, 1.807) is 0 Å². The summed E-state index contributed by atoms with van der Waals surface area (Å²) in [5.74, 6) is 1.50. The van der Waals surface area contributed by atoms with Crippen LogP contribution < -0.4 is 5.32 Å². The van der Waals surface area contributed by atoms with E-state index < -0.39 is 0 Å². The molecule has 2 atom stereocenters. The zero-order chi connectivity index (χ0) is 20.3. The average Bonchev–Trinajstić information content (AvgIpc) is 2.75. The van der Waals surface area contributed by atoms with E-state index >= 15 is 0 Å². The second-order valence-corrected chi connectivity index (χ2v) is 11.4. The Bertz CT molecular complexity index is 619. The molecule has 2 saturated heterocycles. The maximum Gasteiger partial charge on any atom is 0.219 e. The minimum Gasteiger partial charge on any atom is -0.356 e. The van der Waals surface area contributed by atoms with E-state index in [-0.39, 0.29) is 5.91 Å². The van der Waals surface area contributed by atoms with Gasteiger partial charge in [-0.2, -0.15) is 0 Å². The molecule has 2 unspecified atom stereocenters. The maximum absolute atomic E-state index is 12.1. The molecule has 1 aromatic rings. The lowest BCUT2D eigenvalue weighted by Crippen LogP contribution is -2.33. The van der Waals surface area contributed by atoms with Crippen LogP contribution in [0.1, 0.15) is 73.5 Å². The van der Waals surface area contributed by atoms with Gasteiger partial charge in [0, 0.05) is 18.2 Å². The highest BCUT2D eigenvalue weighted by molar-refractivity contribution is 8.17. The van der Waals surface area contributed by atoms with Crippen molar-refractivity contribution in [2.24, 2.45) is 0 Å². The maximum atomic E-state index is 12.1. The topological polar surface area (TPSA) is 32.3 Å². The summed E-state index contributed by atoms with van der Waals surface area (Å²) in [4.78, 5) is 14.6. The Morgan fingerprint density at radius 1 is 1.17 bits per heavy atom. The molecule has 1 amide bonds. The van der Waals surface area contributed by atoms with E-state index in [0.717, 1.165) is 31.2 Å². The third-order valence-electron chi connectivity index (χ3n) is 5.94. The number of nitrogens with zero attached hydrogens (tertiary/aromatic N) is 1. The first kappa shape index (κ1) is 23.0. The highest BCUT2D eigenvalue weighted by Crippen LogP contribution is 2.48. The van der Waals surface area contributed by atoms with Crippen LogP contribution in [0.25, 0.3) is 0 Å². The number of hydrogen-bond donors (Lipinski definition) is 1. The van der Waals surface area contributed by atoms with Crippen LogP contribution in [0.5, 0.6) is 0 Å². The molecule has 3 rings (SSSR count). The fraction of sp³-hybridized carbons (Fsp3) is 0.708. The Labute approximate surface area is 186 Å². The van der Waals surface area contributed by atoms with Gasteiger partial charge in [-0.15, -0.1) is 23.5 Å². The van der Waals surface area contributed by atoms with Crippen molar-refractivity contribution < 1.29 is 4.79 Å². The molecule has 0 bridgehead atoms. The number of nitrogens with one attached hydrogen (secondary N) is 1. The molecule has 2 heterocycles. The number of likely N-dealkylation sites (tertiary alicyclic amines) is 1. The first-order valence-electron chi connectivity index (χ1n) is 11.5. The molecule has 1 N–H and O–H groups in total. The van der Waals surface area contributed by atoms with Gasteiger partial charge in [-0.3, -0.25) is 4.79 Å². The summed E-state index contributed by atoms with van der Waals surface area (Å²) in [6.07, 6.45) is 10.6. The number of unbranched alkanes of at least 4 members (excludes halogenated alkanes) is 1. The first-order chi connectivity index (χ1) is 14.2. The molecule has 2 fully saturated rings. The Morgan fingerprint density at radius 3 is 2.86 bits per heavy atom. The standard InChI is InChI=1S/C24H38N2OS2/c1-20-9-7-10-21(19-20)24-28-18-13-22(29-24)11-3-4-12-23(27)25-14-8-17-26-15-5-2-6-16-26/h7,9-10,19,22,24H,2-6,8,11-18H2,1H3,(H,25,27). The smallest absolute Gasteiger partial charge is 0.219 e. The van der Waals surface area contributed by atoms with E-state index in [4.69, 9.17) is 0 Å². The Balaban J connectivity index is 1.23. The van der Waals surface area contributed by atoms with E-state index in [0.29, 0.717) is 11.0 Å². The van der Waals surface area contributed by atoms with Crippen LogP contribution in [0.2, 0.25) is 0 Å². The average molecular weight is 435 g/mol. The van der Waals surface area contributed by atoms with Crippen molar-refractivity contribution in [3.05, 3.63) is 35.4 Å². The molecule has 0 radical (unpaired) electrons. The van der Waals surface area contributed by atoms with Crippen LogP contribution >= 0.6 is 23.5 Å². The van der Waals surface area contributed by atoms with Gasteiger partial charge >= 0.3 is 0 Å². The summed E-state index contributed by atoms with van der Waals surface area (Å²) in [6, 6.07) is 8.97. The molecular formula is C24H38N2OS2. The van der Waals surface area contributed by atoms with Crippen LogP contribution in [-0.4, -0.2) is 48.0 Å². The number of hydrogen-bond acceptors (Lipinski definition) is 4. The predicted octanol–water partition coefficient (Wildman–Crippen LogP) is 5.78. The first-order valence-corrected chi connectivity index (χ1v) is 13.5. The van der Waals surface area contributed by atoms with E-state index in [9.17, 15) is 4.79 Å². The van der Waals surface area contributed by atoms with Gasteiger partial charge < -0.3 is 10.2 Å². The van der Waals surface area contributed by atoms with E-state index in [1.165, 1.54) is 68.5 Å². The van der Waals surface area contributed by atoms with Crippen LogP contribution in [0.3, 0.4) is 0 Å². The lowest BCUT2D eigenvalue weighted by Gasteiger charge is -2.29. The quantitative estimate of drug-likeness (QED) is 0.473. The van der Waals surface area contributed by atoms with Gasteiger partial charge in [0.1, 0.15) is 0 Å². The number of carbonyl (C=O) groups excluding carboxylic acids is 1. The van der Waals surface area contributed by atoms with Gasteiger partial charge in [0.15, 0.2) is 0 Å². The van der Waals surface area contributed by atoms with Crippen LogP contribution in [0.4, 0.5) is 0 Å². The number of piperidine rings is 1. The summed E-state index contributed by atoms with van der Waals surface area (Å²) < 4.78 is 0.580. The van der Waals surface area contributed by atoms with Crippen molar-refractivity contribution in [2.75, 3.05) is 31.9 Å².